The van der Waals surface area contributed by atoms with Gasteiger partial charge in [0.05, 0.1) is 12.4 Å². The fraction of sp³-hybridized carbons (Fsp3) is 0.700. The van der Waals surface area contributed by atoms with E-state index in [9.17, 15) is 4.79 Å². The van der Waals surface area contributed by atoms with E-state index in [1.54, 1.807) is 0 Å². The number of fused-ring (bicyclic) bond motifs is 3. The minimum absolute atomic E-state index is 0.163. The van der Waals surface area contributed by atoms with Gasteiger partial charge < -0.3 is 0 Å². The average Bonchev–Trinajstić information content (AvgIpc) is 3.22. The lowest BCUT2D eigenvalue weighted by Gasteiger charge is -2.32. The molecule has 0 aromatic carbocycles. The summed E-state index contributed by atoms with van der Waals surface area (Å²) in [6.45, 7) is 9.84. The summed E-state index contributed by atoms with van der Waals surface area (Å²) in [5.41, 5.74) is 3.60. The summed E-state index contributed by atoms with van der Waals surface area (Å²) in [5.74, 6) is 0. The molecule has 1 aliphatic carbocycles. The first-order valence-corrected chi connectivity index (χ1v) is 9.90. The summed E-state index contributed by atoms with van der Waals surface area (Å²) in [5, 5.41) is 5.89. The molecule has 1 fully saturated rings. The van der Waals surface area contributed by atoms with Gasteiger partial charge in [0.2, 0.25) is 0 Å². The van der Waals surface area contributed by atoms with Crippen LogP contribution in [0.5, 0.6) is 0 Å². The lowest BCUT2D eigenvalue weighted by atomic mass is 9.91. The highest BCUT2D eigenvalue weighted by Crippen LogP contribution is 2.34. The average molecular weight is 342 g/mol. The molecule has 136 valence electrons. The maximum absolute atomic E-state index is 13.6. The van der Waals surface area contributed by atoms with Crippen molar-refractivity contribution in [3.05, 3.63) is 27.7 Å². The Kier molecular flexibility index (Phi) is 4.22. The molecule has 1 aliphatic heterocycles. The molecule has 1 atom stereocenters. The Labute approximate surface area is 149 Å². The summed E-state index contributed by atoms with van der Waals surface area (Å²) in [6.07, 6.45) is 8.62. The van der Waals surface area contributed by atoms with Crippen LogP contribution in [0.4, 0.5) is 0 Å². The van der Waals surface area contributed by atoms with Gasteiger partial charge in [-0.2, -0.15) is 5.10 Å². The van der Waals surface area contributed by atoms with E-state index in [2.05, 4.69) is 46.9 Å². The van der Waals surface area contributed by atoms with Gasteiger partial charge in [0.15, 0.2) is 0 Å². The number of pyridine rings is 1. The molecule has 3 heterocycles. The van der Waals surface area contributed by atoms with Crippen LogP contribution in [0.15, 0.2) is 11.0 Å². The second-order valence-electron chi connectivity index (χ2n) is 8.21. The summed E-state index contributed by atoms with van der Waals surface area (Å²) in [6, 6.07) is 0.694. The molecule has 4 rings (SSSR count). The first-order valence-electron chi connectivity index (χ1n) is 9.90. The van der Waals surface area contributed by atoms with Crippen molar-refractivity contribution in [1.29, 1.82) is 0 Å². The molecular weight excluding hydrogens is 312 g/mol. The van der Waals surface area contributed by atoms with E-state index in [0.29, 0.717) is 6.04 Å². The van der Waals surface area contributed by atoms with Crippen molar-refractivity contribution in [2.45, 2.75) is 84.5 Å². The molecule has 1 saturated heterocycles. The Morgan fingerprint density at radius 1 is 1.04 bits per heavy atom. The zero-order valence-corrected chi connectivity index (χ0v) is 16.0. The number of aromatic nitrogens is 3. The van der Waals surface area contributed by atoms with Crippen LogP contribution >= 0.6 is 0 Å². The number of hydrogen-bond acceptors (Lipinski definition) is 3. The van der Waals surface area contributed by atoms with Crippen molar-refractivity contribution in [2.24, 2.45) is 0 Å². The largest absolute Gasteiger partial charge is 0.281 e. The third kappa shape index (κ3) is 2.55. The Bertz CT molecular complexity index is 845. The van der Waals surface area contributed by atoms with Gasteiger partial charge in [-0.25, -0.2) is 4.68 Å². The van der Waals surface area contributed by atoms with E-state index in [4.69, 9.17) is 0 Å². The molecule has 5 nitrogen and oxygen atoms in total. The van der Waals surface area contributed by atoms with Crippen LogP contribution in [-0.4, -0.2) is 31.8 Å². The summed E-state index contributed by atoms with van der Waals surface area (Å²) in [7, 11) is 0. The Morgan fingerprint density at radius 3 is 2.44 bits per heavy atom. The predicted molar refractivity (Wildman–Crippen MR) is 101 cm³/mol. The summed E-state index contributed by atoms with van der Waals surface area (Å²) in [4.78, 5) is 16.0. The van der Waals surface area contributed by atoms with Gasteiger partial charge in [-0.15, -0.1) is 0 Å². The van der Waals surface area contributed by atoms with Crippen LogP contribution < -0.4 is 5.56 Å². The molecule has 2 aliphatic rings. The SMILES string of the molecule is CC(C)N1CCCC1n1c(=O)c2c(c3cnn(C(C)C)c31)CCCC2. The van der Waals surface area contributed by atoms with Gasteiger partial charge >= 0.3 is 0 Å². The van der Waals surface area contributed by atoms with Crippen molar-refractivity contribution in [3.63, 3.8) is 0 Å². The summed E-state index contributed by atoms with van der Waals surface area (Å²) >= 11 is 0. The molecule has 0 radical (unpaired) electrons. The minimum atomic E-state index is 0.163. The van der Waals surface area contributed by atoms with Gasteiger partial charge in [-0.3, -0.25) is 14.3 Å². The number of nitrogens with zero attached hydrogens (tertiary/aromatic N) is 4. The number of rotatable bonds is 3. The molecule has 1 unspecified atom stereocenters. The molecule has 0 saturated carbocycles. The highest BCUT2D eigenvalue weighted by Gasteiger charge is 2.33. The second kappa shape index (κ2) is 6.27. The van der Waals surface area contributed by atoms with Gasteiger partial charge in [-0.05, 0) is 71.8 Å². The van der Waals surface area contributed by atoms with Crippen molar-refractivity contribution in [1.82, 2.24) is 19.2 Å². The van der Waals surface area contributed by atoms with E-state index in [-0.39, 0.29) is 17.8 Å². The second-order valence-corrected chi connectivity index (χ2v) is 8.21. The van der Waals surface area contributed by atoms with Crippen molar-refractivity contribution < 1.29 is 0 Å². The standard InChI is InChI=1S/C20H30N4O/c1-13(2)22-11-7-10-18(22)23-19-17(12-21-24(19)14(3)4)15-8-5-6-9-16(15)20(23)25/h12-14,18H,5-11H2,1-4H3. The first-order chi connectivity index (χ1) is 12.0. The van der Waals surface area contributed by atoms with Crippen molar-refractivity contribution >= 4 is 11.0 Å². The topological polar surface area (TPSA) is 43.1 Å². The predicted octanol–water partition coefficient (Wildman–Crippen LogP) is 3.66. The van der Waals surface area contributed by atoms with Crippen LogP contribution in [0.1, 0.15) is 76.7 Å². The lowest BCUT2D eigenvalue weighted by molar-refractivity contribution is 0.150. The zero-order valence-electron chi connectivity index (χ0n) is 16.0. The highest BCUT2D eigenvalue weighted by atomic mass is 16.1. The Hall–Kier alpha value is -1.62. The monoisotopic (exact) mass is 342 g/mol. The van der Waals surface area contributed by atoms with E-state index in [0.717, 1.165) is 49.9 Å². The van der Waals surface area contributed by atoms with Gasteiger partial charge in [0.25, 0.3) is 5.56 Å². The van der Waals surface area contributed by atoms with E-state index >= 15 is 0 Å². The molecule has 2 aromatic rings. The maximum atomic E-state index is 13.6. The van der Waals surface area contributed by atoms with Crippen LogP contribution in [0.25, 0.3) is 11.0 Å². The quantitative estimate of drug-likeness (QED) is 0.855. The summed E-state index contributed by atoms with van der Waals surface area (Å²) < 4.78 is 4.15. The van der Waals surface area contributed by atoms with Crippen LogP contribution in [0.3, 0.4) is 0 Å². The number of likely N-dealkylation sites (tertiary alicyclic amines) is 1. The van der Waals surface area contributed by atoms with Crippen molar-refractivity contribution in [2.75, 3.05) is 6.54 Å². The zero-order chi connectivity index (χ0) is 17.7. The maximum Gasteiger partial charge on any atom is 0.257 e. The molecule has 5 heteroatoms. The molecule has 2 aromatic heterocycles. The molecule has 0 amide bonds. The fourth-order valence-corrected chi connectivity index (χ4v) is 4.79. The number of hydrogen-bond donors (Lipinski definition) is 0. The third-order valence-corrected chi connectivity index (χ3v) is 5.98. The normalized spacial score (nSPS) is 21.6. The molecule has 0 bridgehead atoms. The van der Waals surface area contributed by atoms with Gasteiger partial charge in [0, 0.05) is 29.6 Å². The van der Waals surface area contributed by atoms with Gasteiger partial charge in [0.1, 0.15) is 5.65 Å². The Morgan fingerprint density at radius 2 is 1.76 bits per heavy atom. The van der Waals surface area contributed by atoms with E-state index in [1.165, 1.54) is 17.4 Å². The van der Waals surface area contributed by atoms with Crippen LogP contribution in [0, 0.1) is 0 Å². The van der Waals surface area contributed by atoms with E-state index < -0.39 is 0 Å². The number of aryl methyl sites for hydroxylation is 1. The lowest BCUT2D eigenvalue weighted by Crippen LogP contribution is -2.40. The van der Waals surface area contributed by atoms with Crippen LogP contribution in [-0.2, 0) is 12.8 Å². The fourth-order valence-electron chi connectivity index (χ4n) is 4.79. The molecular formula is C20H30N4O. The minimum Gasteiger partial charge on any atom is -0.281 e. The first kappa shape index (κ1) is 16.8. The molecule has 25 heavy (non-hydrogen) atoms. The third-order valence-electron chi connectivity index (χ3n) is 5.98. The van der Waals surface area contributed by atoms with E-state index in [1.807, 2.05) is 6.20 Å². The van der Waals surface area contributed by atoms with Crippen LogP contribution in [0.2, 0.25) is 0 Å². The van der Waals surface area contributed by atoms with Gasteiger partial charge in [-0.1, -0.05) is 0 Å². The molecule has 0 N–H and O–H groups in total. The smallest absolute Gasteiger partial charge is 0.257 e. The van der Waals surface area contributed by atoms with Crippen molar-refractivity contribution in [3.8, 4) is 0 Å². The molecule has 0 spiro atoms. The Balaban J connectivity index is 2.03. The highest BCUT2D eigenvalue weighted by molar-refractivity contribution is 5.81.